The standard InChI is InChI=1S/C16H18N4O/c1-10(2)5-6-14-19-13(16(21)20-14)8-11-9-18-15-12(11)4-3-7-17-15/h3-4,7-10,21H,5-6H2,1-2H3,(H,19,20). The number of aromatic nitrogens is 3. The molecule has 0 spiro atoms. The highest BCUT2D eigenvalue weighted by molar-refractivity contribution is 6.20. The number of aromatic hydroxyl groups is 1. The first-order valence-corrected chi connectivity index (χ1v) is 7.12. The summed E-state index contributed by atoms with van der Waals surface area (Å²) in [6.45, 7) is 4.34. The number of pyridine rings is 1. The van der Waals surface area contributed by atoms with Crippen molar-refractivity contribution in [3.8, 4) is 5.88 Å². The molecule has 0 saturated carbocycles. The van der Waals surface area contributed by atoms with Crippen molar-refractivity contribution in [2.24, 2.45) is 10.9 Å². The van der Waals surface area contributed by atoms with E-state index >= 15 is 0 Å². The van der Waals surface area contributed by atoms with Crippen molar-refractivity contribution in [3.63, 3.8) is 0 Å². The number of imidazole rings is 1. The number of hydrogen-bond acceptors (Lipinski definition) is 4. The molecule has 1 aliphatic rings. The molecule has 5 nitrogen and oxygen atoms in total. The maximum atomic E-state index is 9.96. The molecule has 0 fully saturated rings. The summed E-state index contributed by atoms with van der Waals surface area (Å²) in [5.74, 6) is 2.17. The Labute approximate surface area is 123 Å². The van der Waals surface area contributed by atoms with Gasteiger partial charge in [0.15, 0.2) is 5.82 Å². The van der Waals surface area contributed by atoms with Crippen molar-refractivity contribution in [1.82, 2.24) is 15.0 Å². The van der Waals surface area contributed by atoms with Crippen LogP contribution >= 0.6 is 0 Å². The van der Waals surface area contributed by atoms with Crippen molar-refractivity contribution in [2.45, 2.75) is 26.7 Å². The quantitative estimate of drug-likeness (QED) is 0.903. The van der Waals surface area contributed by atoms with E-state index < -0.39 is 0 Å². The lowest BCUT2D eigenvalue weighted by Crippen LogP contribution is -1.93. The lowest BCUT2D eigenvalue weighted by molar-refractivity contribution is 0.453. The topological polar surface area (TPSA) is 74.2 Å². The van der Waals surface area contributed by atoms with Gasteiger partial charge in [0.1, 0.15) is 11.5 Å². The Morgan fingerprint density at radius 3 is 3.05 bits per heavy atom. The average Bonchev–Trinajstić information content (AvgIpc) is 3.02. The van der Waals surface area contributed by atoms with Crippen molar-refractivity contribution in [1.29, 1.82) is 0 Å². The molecule has 3 heterocycles. The predicted octanol–water partition coefficient (Wildman–Crippen LogP) is 3.36. The van der Waals surface area contributed by atoms with Crippen molar-refractivity contribution >= 4 is 23.7 Å². The van der Waals surface area contributed by atoms with Crippen LogP contribution in [0.3, 0.4) is 0 Å². The molecule has 3 rings (SSSR count). The largest absolute Gasteiger partial charge is 0.492 e. The van der Waals surface area contributed by atoms with Gasteiger partial charge in [-0.25, -0.2) is 9.98 Å². The van der Waals surface area contributed by atoms with Crippen LogP contribution in [0.5, 0.6) is 5.88 Å². The van der Waals surface area contributed by atoms with Crippen LogP contribution in [-0.4, -0.2) is 26.3 Å². The smallest absolute Gasteiger partial charge is 0.237 e. The molecule has 108 valence electrons. The zero-order valence-corrected chi connectivity index (χ0v) is 12.2. The molecular weight excluding hydrogens is 264 g/mol. The number of H-pyrrole nitrogens is 1. The van der Waals surface area contributed by atoms with Gasteiger partial charge in [-0.1, -0.05) is 13.8 Å². The maximum absolute atomic E-state index is 9.96. The Balaban J connectivity index is 1.86. The Morgan fingerprint density at radius 1 is 1.38 bits per heavy atom. The summed E-state index contributed by atoms with van der Waals surface area (Å²) in [4.78, 5) is 15.8. The minimum atomic E-state index is 0.0343. The van der Waals surface area contributed by atoms with Crippen molar-refractivity contribution < 1.29 is 5.11 Å². The second-order valence-corrected chi connectivity index (χ2v) is 5.59. The van der Waals surface area contributed by atoms with E-state index in [2.05, 4.69) is 33.8 Å². The first-order valence-electron chi connectivity index (χ1n) is 7.12. The predicted molar refractivity (Wildman–Crippen MR) is 83.7 cm³/mol. The summed E-state index contributed by atoms with van der Waals surface area (Å²) in [5.41, 5.74) is 2.51. The lowest BCUT2D eigenvalue weighted by atomic mass is 10.1. The molecule has 1 aliphatic heterocycles. The Morgan fingerprint density at radius 2 is 2.24 bits per heavy atom. The maximum Gasteiger partial charge on any atom is 0.237 e. The highest BCUT2D eigenvalue weighted by Crippen LogP contribution is 2.31. The van der Waals surface area contributed by atoms with Crippen LogP contribution in [0.1, 0.15) is 37.4 Å². The first kappa shape index (κ1) is 13.5. The summed E-state index contributed by atoms with van der Waals surface area (Å²) in [5, 5.41) is 9.96. The van der Waals surface area contributed by atoms with E-state index in [1.165, 1.54) is 0 Å². The fraction of sp³-hybridized carbons (Fsp3) is 0.312. The monoisotopic (exact) mass is 282 g/mol. The Hall–Kier alpha value is -2.43. The summed E-state index contributed by atoms with van der Waals surface area (Å²) in [7, 11) is 0. The van der Waals surface area contributed by atoms with E-state index in [1.54, 1.807) is 12.4 Å². The molecule has 2 aromatic heterocycles. The van der Waals surface area contributed by atoms with Crippen LogP contribution in [-0.2, 0) is 6.42 Å². The van der Waals surface area contributed by atoms with Crippen LogP contribution in [0.15, 0.2) is 23.3 Å². The number of nitrogens with one attached hydrogen (secondary N) is 1. The molecule has 0 aliphatic carbocycles. The molecule has 0 radical (unpaired) electrons. The molecule has 5 heteroatoms. The summed E-state index contributed by atoms with van der Waals surface area (Å²) < 4.78 is 0. The normalized spacial score (nSPS) is 15.1. The SMILES string of the molecule is CC(C)CCc1nc(O)c(C=C2C=Nc3ncccc32)[nH]1. The molecule has 21 heavy (non-hydrogen) atoms. The summed E-state index contributed by atoms with van der Waals surface area (Å²) in [6.07, 6.45) is 7.21. The fourth-order valence-corrected chi connectivity index (χ4v) is 2.27. The number of hydrogen-bond donors (Lipinski definition) is 2. The molecule has 0 atom stereocenters. The average molecular weight is 282 g/mol. The molecule has 0 amide bonds. The van der Waals surface area contributed by atoms with Gasteiger partial charge < -0.3 is 10.1 Å². The molecular formula is C16H18N4O. The van der Waals surface area contributed by atoms with Crippen LogP contribution in [0.2, 0.25) is 0 Å². The zero-order chi connectivity index (χ0) is 14.8. The number of aromatic amines is 1. The molecule has 2 aromatic rings. The zero-order valence-electron chi connectivity index (χ0n) is 12.2. The van der Waals surface area contributed by atoms with Gasteiger partial charge in [0.2, 0.25) is 5.88 Å². The first-order chi connectivity index (χ1) is 10.1. The minimum Gasteiger partial charge on any atom is -0.492 e. The van der Waals surface area contributed by atoms with E-state index in [0.29, 0.717) is 17.4 Å². The Bertz CT molecular complexity index is 713. The molecule has 0 saturated heterocycles. The third-order valence-electron chi connectivity index (χ3n) is 3.44. The fourth-order valence-electron chi connectivity index (χ4n) is 2.27. The van der Waals surface area contributed by atoms with E-state index in [-0.39, 0.29) is 5.88 Å². The molecule has 0 unspecified atom stereocenters. The highest BCUT2D eigenvalue weighted by Gasteiger charge is 2.14. The van der Waals surface area contributed by atoms with E-state index in [9.17, 15) is 5.11 Å². The van der Waals surface area contributed by atoms with E-state index in [1.807, 2.05) is 18.2 Å². The van der Waals surface area contributed by atoms with Crippen LogP contribution in [0, 0.1) is 5.92 Å². The summed E-state index contributed by atoms with van der Waals surface area (Å²) in [6, 6.07) is 3.84. The number of aryl methyl sites for hydroxylation is 1. The van der Waals surface area contributed by atoms with Crippen LogP contribution < -0.4 is 0 Å². The van der Waals surface area contributed by atoms with Gasteiger partial charge in [-0.2, -0.15) is 4.98 Å². The molecule has 0 bridgehead atoms. The number of aliphatic imine (C=N–C) groups is 1. The third kappa shape index (κ3) is 2.86. The van der Waals surface area contributed by atoms with E-state index in [0.717, 1.165) is 29.8 Å². The summed E-state index contributed by atoms with van der Waals surface area (Å²) >= 11 is 0. The van der Waals surface area contributed by atoms with Gasteiger partial charge >= 0.3 is 0 Å². The number of nitrogens with zero attached hydrogens (tertiary/aromatic N) is 3. The van der Waals surface area contributed by atoms with Crippen LogP contribution in [0.4, 0.5) is 5.82 Å². The second-order valence-electron chi connectivity index (χ2n) is 5.59. The second kappa shape index (κ2) is 5.52. The minimum absolute atomic E-state index is 0.0343. The van der Waals surface area contributed by atoms with Crippen molar-refractivity contribution in [2.75, 3.05) is 0 Å². The van der Waals surface area contributed by atoms with Crippen molar-refractivity contribution in [3.05, 3.63) is 35.4 Å². The van der Waals surface area contributed by atoms with Gasteiger partial charge in [-0.05, 0) is 30.5 Å². The third-order valence-corrected chi connectivity index (χ3v) is 3.44. The van der Waals surface area contributed by atoms with Gasteiger partial charge in [0.05, 0.1) is 0 Å². The molecule has 2 N–H and O–H groups in total. The highest BCUT2D eigenvalue weighted by atomic mass is 16.3. The Kier molecular flexibility index (Phi) is 3.56. The van der Waals surface area contributed by atoms with Gasteiger partial charge in [-0.15, -0.1) is 0 Å². The number of rotatable bonds is 4. The number of fused-ring (bicyclic) bond motifs is 1. The lowest BCUT2D eigenvalue weighted by Gasteiger charge is -2.00. The van der Waals surface area contributed by atoms with Gasteiger partial charge in [-0.3, -0.25) is 0 Å². The molecule has 0 aromatic carbocycles. The van der Waals surface area contributed by atoms with Gasteiger partial charge in [0.25, 0.3) is 0 Å². The van der Waals surface area contributed by atoms with Crippen LogP contribution in [0.25, 0.3) is 11.6 Å². The van der Waals surface area contributed by atoms with E-state index in [4.69, 9.17) is 0 Å². The number of allylic oxidation sites excluding steroid dienone is 1. The van der Waals surface area contributed by atoms with Gasteiger partial charge in [0, 0.05) is 30.0 Å².